The average molecular weight is 334 g/mol. The smallest absolute Gasteiger partial charge is 0.125 e. The number of rotatable bonds is 2. The van der Waals surface area contributed by atoms with Crippen molar-refractivity contribution in [1.82, 2.24) is 9.88 Å². The number of nitrogens with one attached hydrogen (secondary N) is 1. The highest BCUT2D eigenvalue weighted by atomic mass is 19.1. The van der Waals surface area contributed by atoms with E-state index in [9.17, 15) is 8.78 Å². The van der Waals surface area contributed by atoms with E-state index in [0.29, 0.717) is 6.54 Å². The molecule has 0 spiro atoms. The van der Waals surface area contributed by atoms with E-state index in [0.717, 1.165) is 23.0 Å². The summed E-state index contributed by atoms with van der Waals surface area (Å²) in [5.74, 6) is -0.233. The van der Waals surface area contributed by atoms with Crippen molar-refractivity contribution < 1.29 is 8.78 Å². The average Bonchev–Trinajstić information content (AvgIpc) is 2.73. The quantitative estimate of drug-likeness (QED) is 0.780. The molecule has 4 heteroatoms. The first-order valence-electron chi connectivity index (χ1n) is 8.72. The number of alkyl halides is 1. The molecular formula is C20H28F2N2. The van der Waals surface area contributed by atoms with Crippen LogP contribution in [0.5, 0.6) is 0 Å². The van der Waals surface area contributed by atoms with Crippen LogP contribution in [0, 0.1) is 11.2 Å². The minimum Gasteiger partial charge on any atom is -0.357 e. The Morgan fingerprint density at radius 3 is 2.46 bits per heavy atom. The fraction of sp³-hybridized carbons (Fsp3) is 0.600. The Hall–Kier alpha value is -1.42. The van der Waals surface area contributed by atoms with Gasteiger partial charge in [-0.2, -0.15) is 0 Å². The molecule has 0 amide bonds. The Bertz CT molecular complexity index is 749. The largest absolute Gasteiger partial charge is 0.357 e. The van der Waals surface area contributed by atoms with Crippen LogP contribution in [0.2, 0.25) is 0 Å². The fourth-order valence-electron chi connectivity index (χ4n) is 4.15. The highest BCUT2D eigenvalue weighted by Crippen LogP contribution is 2.46. The Kier molecular flexibility index (Phi) is 4.03. The third kappa shape index (κ3) is 3.08. The van der Waals surface area contributed by atoms with Crippen molar-refractivity contribution in [3.63, 3.8) is 0 Å². The topological polar surface area (TPSA) is 19.0 Å². The van der Waals surface area contributed by atoms with Crippen LogP contribution in [0.4, 0.5) is 8.78 Å². The lowest BCUT2D eigenvalue weighted by Gasteiger charge is -2.48. The Morgan fingerprint density at radius 1 is 1.21 bits per heavy atom. The van der Waals surface area contributed by atoms with Crippen LogP contribution < -0.4 is 0 Å². The number of nitrogens with zero attached hydrogens (tertiary/aromatic N) is 1. The minimum absolute atomic E-state index is 0.0614. The van der Waals surface area contributed by atoms with Gasteiger partial charge < -0.3 is 4.98 Å². The van der Waals surface area contributed by atoms with Gasteiger partial charge in [0.1, 0.15) is 11.5 Å². The molecule has 0 radical (unpaired) electrons. The van der Waals surface area contributed by atoms with Crippen molar-refractivity contribution in [2.45, 2.75) is 65.7 Å². The number of aromatic amines is 1. The van der Waals surface area contributed by atoms with Gasteiger partial charge in [-0.15, -0.1) is 0 Å². The molecule has 2 heterocycles. The maximum atomic E-state index is 14.4. The van der Waals surface area contributed by atoms with Crippen molar-refractivity contribution in [3.8, 4) is 0 Å². The zero-order valence-corrected chi connectivity index (χ0v) is 15.5. The molecule has 0 aliphatic carbocycles. The SMILES string of the molecule is C[C@@H]1Cc2c([nH]c3cc(F)ccc23)C(C(C)(C)C)N1CC(C)(C)F. The zero-order valence-electron chi connectivity index (χ0n) is 15.5. The minimum atomic E-state index is -1.26. The number of aromatic nitrogens is 1. The third-order valence-corrected chi connectivity index (χ3v) is 4.95. The van der Waals surface area contributed by atoms with E-state index in [-0.39, 0.29) is 23.3 Å². The van der Waals surface area contributed by atoms with Crippen LogP contribution >= 0.6 is 0 Å². The second kappa shape index (κ2) is 5.55. The van der Waals surface area contributed by atoms with Gasteiger partial charge in [-0.25, -0.2) is 8.78 Å². The lowest BCUT2D eigenvalue weighted by atomic mass is 9.77. The molecule has 3 rings (SSSR count). The summed E-state index contributed by atoms with van der Waals surface area (Å²) in [5.41, 5.74) is 1.89. The van der Waals surface area contributed by atoms with Crippen molar-refractivity contribution in [1.29, 1.82) is 0 Å². The lowest BCUT2D eigenvalue weighted by molar-refractivity contribution is 0.00650. The van der Waals surface area contributed by atoms with Crippen LogP contribution in [0.15, 0.2) is 18.2 Å². The number of benzene rings is 1. The van der Waals surface area contributed by atoms with Crippen LogP contribution in [-0.2, 0) is 6.42 Å². The molecule has 1 aromatic heterocycles. The van der Waals surface area contributed by atoms with Gasteiger partial charge in [0.2, 0.25) is 0 Å². The predicted molar refractivity (Wildman–Crippen MR) is 95.5 cm³/mol. The van der Waals surface area contributed by atoms with E-state index in [1.165, 1.54) is 11.6 Å². The summed E-state index contributed by atoms with van der Waals surface area (Å²) in [6.07, 6.45) is 0.851. The molecule has 0 saturated carbocycles. The Labute approximate surface area is 143 Å². The van der Waals surface area contributed by atoms with Gasteiger partial charge in [-0.1, -0.05) is 20.8 Å². The Morgan fingerprint density at radius 2 is 1.88 bits per heavy atom. The molecular weight excluding hydrogens is 306 g/mol. The van der Waals surface area contributed by atoms with Crippen molar-refractivity contribution in [2.75, 3.05) is 6.54 Å². The highest BCUT2D eigenvalue weighted by Gasteiger charge is 2.42. The summed E-state index contributed by atoms with van der Waals surface area (Å²) in [4.78, 5) is 5.72. The highest BCUT2D eigenvalue weighted by molar-refractivity contribution is 5.85. The molecule has 1 N–H and O–H groups in total. The second-order valence-corrected chi connectivity index (χ2v) is 8.92. The monoisotopic (exact) mass is 334 g/mol. The molecule has 2 nitrogen and oxygen atoms in total. The number of fused-ring (bicyclic) bond motifs is 3. The summed E-state index contributed by atoms with van der Waals surface area (Å²) in [5, 5.41) is 1.09. The van der Waals surface area contributed by atoms with E-state index < -0.39 is 5.67 Å². The van der Waals surface area contributed by atoms with Gasteiger partial charge in [0.25, 0.3) is 0 Å². The number of H-pyrrole nitrogens is 1. The summed E-state index contributed by atoms with van der Waals surface area (Å²) in [6.45, 7) is 12.4. The number of hydrogen-bond donors (Lipinski definition) is 1. The predicted octanol–water partition coefficient (Wildman–Crippen LogP) is 5.39. The molecule has 0 fully saturated rings. The van der Waals surface area contributed by atoms with Crippen molar-refractivity contribution in [3.05, 3.63) is 35.3 Å². The van der Waals surface area contributed by atoms with E-state index in [1.807, 2.05) is 6.07 Å². The summed E-state index contributed by atoms with van der Waals surface area (Å²) >= 11 is 0. The molecule has 1 unspecified atom stereocenters. The van der Waals surface area contributed by atoms with Gasteiger partial charge >= 0.3 is 0 Å². The molecule has 2 atom stereocenters. The fourth-order valence-corrected chi connectivity index (χ4v) is 4.15. The molecule has 0 saturated heterocycles. The van der Waals surface area contributed by atoms with Crippen molar-refractivity contribution >= 4 is 10.9 Å². The van der Waals surface area contributed by atoms with Gasteiger partial charge in [-0.3, -0.25) is 4.90 Å². The Balaban J connectivity index is 2.17. The van der Waals surface area contributed by atoms with Gasteiger partial charge in [0.05, 0.1) is 6.04 Å². The van der Waals surface area contributed by atoms with Gasteiger partial charge in [0.15, 0.2) is 0 Å². The van der Waals surface area contributed by atoms with E-state index >= 15 is 0 Å². The first-order valence-corrected chi connectivity index (χ1v) is 8.72. The normalized spacial score (nSPS) is 22.8. The third-order valence-electron chi connectivity index (χ3n) is 4.95. The van der Waals surface area contributed by atoms with E-state index in [4.69, 9.17) is 0 Å². The standard InChI is InChI=1S/C20H28F2N2/c1-12-9-15-14-8-7-13(21)10-16(14)23-17(15)18(19(2,3)4)24(12)11-20(5,6)22/h7-8,10,12,18,23H,9,11H2,1-6H3/t12-,18?/m1/s1. The van der Waals surface area contributed by atoms with Crippen LogP contribution in [-0.4, -0.2) is 28.1 Å². The van der Waals surface area contributed by atoms with E-state index in [2.05, 4.69) is 37.6 Å². The molecule has 1 aliphatic rings. The van der Waals surface area contributed by atoms with E-state index in [1.54, 1.807) is 19.9 Å². The molecule has 1 aliphatic heterocycles. The van der Waals surface area contributed by atoms with Gasteiger partial charge in [0, 0.05) is 29.2 Å². The van der Waals surface area contributed by atoms with Crippen molar-refractivity contribution in [2.24, 2.45) is 5.41 Å². The molecule has 2 aromatic rings. The second-order valence-electron chi connectivity index (χ2n) is 8.92. The molecule has 24 heavy (non-hydrogen) atoms. The summed E-state index contributed by atoms with van der Waals surface area (Å²) in [6, 6.07) is 5.25. The molecule has 132 valence electrons. The van der Waals surface area contributed by atoms with Crippen LogP contribution in [0.3, 0.4) is 0 Å². The summed E-state index contributed by atoms with van der Waals surface area (Å²) in [7, 11) is 0. The number of halogens is 2. The zero-order chi connectivity index (χ0) is 17.9. The first-order chi connectivity index (χ1) is 11.0. The molecule has 1 aromatic carbocycles. The maximum Gasteiger partial charge on any atom is 0.125 e. The van der Waals surface area contributed by atoms with Gasteiger partial charge in [-0.05, 0) is 56.4 Å². The van der Waals surface area contributed by atoms with Crippen LogP contribution in [0.1, 0.15) is 58.8 Å². The first kappa shape index (κ1) is 17.4. The van der Waals surface area contributed by atoms with Crippen LogP contribution in [0.25, 0.3) is 10.9 Å². The number of hydrogen-bond acceptors (Lipinski definition) is 1. The lowest BCUT2D eigenvalue weighted by Crippen LogP contribution is -2.51. The summed E-state index contributed by atoms with van der Waals surface area (Å²) < 4.78 is 28.1. The maximum absolute atomic E-state index is 14.4. The molecule has 0 bridgehead atoms.